The van der Waals surface area contributed by atoms with Gasteiger partial charge < -0.3 is 5.32 Å². The van der Waals surface area contributed by atoms with Crippen molar-refractivity contribution < 1.29 is 0 Å². The molecule has 18 heavy (non-hydrogen) atoms. The molecule has 0 radical (unpaired) electrons. The zero-order valence-corrected chi connectivity index (χ0v) is 12.8. The Morgan fingerprint density at radius 3 is 1.78 bits per heavy atom. The largest absolute Gasteiger partial charge is 0.310 e. The zero-order valence-electron chi connectivity index (χ0n) is 12.8. The summed E-state index contributed by atoms with van der Waals surface area (Å²) in [5.74, 6) is 2.08. The molecule has 0 saturated carbocycles. The third-order valence-corrected chi connectivity index (χ3v) is 3.99. The van der Waals surface area contributed by atoms with Crippen LogP contribution in [0.5, 0.6) is 0 Å². The summed E-state index contributed by atoms with van der Waals surface area (Å²) in [4.78, 5) is 0. The second-order valence-electron chi connectivity index (χ2n) is 6.17. The molecule has 0 aliphatic carbocycles. The van der Waals surface area contributed by atoms with E-state index in [1.807, 2.05) is 0 Å². The van der Waals surface area contributed by atoms with Crippen molar-refractivity contribution in [3.05, 3.63) is 35.4 Å². The summed E-state index contributed by atoms with van der Waals surface area (Å²) < 4.78 is 0. The van der Waals surface area contributed by atoms with E-state index >= 15 is 0 Å². The van der Waals surface area contributed by atoms with Crippen LogP contribution in [0.15, 0.2) is 24.3 Å². The van der Waals surface area contributed by atoms with Crippen LogP contribution in [0, 0.1) is 11.8 Å². The Labute approximate surface area is 113 Å². The molecule has 1 heteroatoms. The van der Waals surface area contributed by atoms with Gasteiger partial charge in [-0.2, -0.15) is 0 Å². The van der Waals surface area contributed by atoms with Crippen molar-refractivity contribution in [3.63, 3.8) is 0 Å². The van der Waals surface area contributed by atoms with Gasteiger partial charge in [-0.3, -0.25) is 0 Å². The van der Waals surface area contributed by atoms with Crippen molar-refractivity contribution in [2.75, 3.05) is 6.54 Å². The molecule has 1 aromatic rings. The summed E-state index contributed by atoms with van der Waals surface area (Å²) in [6.07, 6.45) is 0. The third kappa shape index (κ3) is 4.45. The van der Waals surface area contributed by atoms with Crippen LogP contribution in [0.1, 0.15) is 64.6 Å². The van der Waals surface area contributed by atoms with Crippen molar-refractivity contribution in [1.29, 1.82) is 0 Å². The molecule has 0 amide bonds. The molecule has 2 unspecified atom stereocenters. The molecule has 1 rings (SSSR count). The first-order chi connectivity index (χ1) is 8.41. The van der Waals surface area contributed by atoms with Gasteiger partial charge in [-0.1, -0.05) is 58.9 Å². The van der Waals surface area contributed by atoms with Crippen LogP contribution in [0.3, 0.4) is 0 Å². The van der Waals surface area contributed by atoms with Gasteiger partial charge in [0.05, 0.1) is 0 Å². The lowest BCUT2D eigenvalue weighted by molar-refractivity contribution is 0.375. The Balaban J connectivity index is 2.54. The maximum atomic E-state index is 3.63. The van der Waals surface area contributed by atoms with E-state index < -0.39 is 0 Å². The van der Waals surface area contributed by atoms with Crippen LogP contribution in [-0.4, -0.2) is 6.54 Å². The molecule has 0 fully saturated rings. The lowest BCUT2D eigenvalue weighted by Crippen LogP contribution is -2.26. The van der Waals surface area contributed by atoms with Crippen LogP contribution in [0.4, 0.5) is 0 Å². The second kappa shape index (κ2) is 6.94. The van der Waals surface area contributed by atoms with Crippen molar-refractivity contribution >= 4 is 0 Å². The normalized spacial score (nSPS) is 15.1. The van der Waals surface area contributed by atoms with Gasteiger partial charge in [-0.15, -0.1) is 0 Å². The molecule has 0 aliphatic rings. The first-order valence-corrected chi connectivity index (χ1v) is 7.25. The summed E-state index contributed by atoms with van der Waals surface area (Å²) in [5, 5.41) is 3.63. The summed E-state index contributed by atoms with van der Waals surface area (Å²) in [7, 11) is 0. The monoisotopic (exact) mass is 247 g/mol. The molecule has 0 heterocycles. The summed E-state index contributed by atoms with van der Waals surface area (Å²) in [6.45, 7) is 14.7. The van der Waals surface area contributed by atoms with Crippen molar-refractivity contribution in [3.8, 4) is 0 Å². The number of rotatable bonds is 6. The number of hydrogen-bond acceptors (Lipinski definition) is 1. The highest BCUT2D eigenvalue weighted by Crippen LogP contribution is 2.19. The average molecular weight is 247 g/mol. The first kappa shape index (κ1) is 15.2. The molecular formula is C17H29N. The first-order valence-electron chi connectivity index (χ1n) is 7.25. The van der Waals surface area contributed by atoms with Gasteiger partial charge in [0.15, 0.2) is 0 Å². The summed E-state index contributed by atoms with van der Waals surface area (Å²) in [6, 6.07) is 9.46. The van der Waals surface area contributed by atoms with Crippen molar-refractivity contribution in [1.82, 2.24) is 5.32 Å². The van der Waals surface area contributed by atoms with Gasteiger partial charge in [0, 0.05) is 6.04 Å². The fraction of sp³-hybridized carbons (Fsp3) is 0.647. The lowest BCUT2D eigenvalue weighted by Gasteiger charge is -2.21. The van der Waals surface area contributed by atoms with Gasteiger partial charge >= 0.3 is 0 Å². The smallest absolute Gasteiger partial charge is 0.0291 e. The number of benzene rings is 1. The summed E-state index contributed by atoms with van der Waals surface area (Å²) in [5.41, 5.74) is 2.80. The summed E-state index contributed by atoms with van der Waals surface area (Å²) >= 11 is 0. The molecule has 0 aliphatic heterocycles. The highest BCUT2D eigenvalue weighted by molar-refractivity contribution is 5.26. The van der Waals surface area contributed by atoms with Crippen LogP contribution in [-0.2, 0) is 0 Å². The van der Waals surface area contributed by atoms with E-state index in [0.717, 1.165) is 18.4 Å². The molecular weight excluding hydrogens is 218 g/mol. The van der Waals surface area contributed by atoms with Crippen molar-refractivity contribution in [2.45, 2.75) is 53.5 Å². The molecule has 0 aromatic heterocycles. The van der Waals surface area contributed by atoms with Gasteiger partial charge in [0.1, 0.15) is 0 Å². The Hall–Kier alpha value is -0.820. The Kier molecular flexibility index (Phi) is 5.87. The standard InChI is InChI=1S/C17H29N/c1-12(2)14(5)11-18-15(6)17-9-7-16(8-10-17)13(3)4/h7-10,12-15,18H,11H2,1-6H3. The van der Waals surface area contributed by atoms with Crippen LogP contribution in [0.25, 0.3) is 0 Å². The van der Waals surface area contributed by atoms with E-state index in [2.05, 4.69) is 71.1 Å². The predicted molar refractivity (Wildman–Crippen MR) is 81.0 cm³/mol. The number of nitrogens with one attached hydrogen (secondary N) is 1. The topological polar surface area (TPSA) is 12.0 Å². The molecule has 0 bridgehead atoms. The SMILES string of the molecule is CC(C)c1ccc(C(C)NCC(C)C(C)C)cc1. The van der Waals surface area contributed by atoms with Crippen LogP contribution >= 0.6 is 0 Å². The molecule has 1 aromatic carbocycles. The van der Waals surface area contributed by atoms with E-state index in [9.17, 15) is 0 Å². The fourth-order valence-corrected chi connectivity index (χ4v) is 1.89. The fourth-order valence-electron chi connectivity index (χ4n) is 1.89. The Morgan fingerprint density at radius 2 is 1.33 bits per heavy atom. The average Bonchev–Trinajstić information content (AvgIpc) is 2.35. The molecule has 2 atom stereocenters. The van der Waals surface area contributed by atoms with Gasteiger partial charge in [-0.25, -0.2) is 0 Å². The molecule has 0 saturated heterocycles. The highest BCUT2D eigenvalue weighted by atomic mass is 14.9. The molecule has 1 N–H and O–H groups in total. The van der Waals surface area contributed by atoms with E-state index in [4.69, 9.17) is 0 Å². The Bertz CT molecular complexity index is 337. The highest BCUT2D eigenvalue weighted by Gasteiger charge is 2.10. The zero-order chi connectivity index (χ0) is 13.7. The minimum absolute atomic E-state index is 0.437. The maximum Gasteiger partial charge on any atom is 0.0291 e. The lowest BCUT2D eigenvalue weighted by atomic mass is 9.96. The van der Waals surface area contributed by atoms with E-state index in [0.29, 0.717) is 12.0 Å². The Morgan fingerprint density at radius 1 is 0.833 bits per heavy atom. The van der Waals surface area contributed by atoms with Crippen LogP contribution in [0.2, 0.25) is 0 Å². The predicted octanol–water partition coefficient (Wildman–Crippen LogP) is 4.75. The van der Waals surface area contributed by atoms with Gasteiger partial charge in [0.2, 0.25) is 0 Å². The van der Waals surface area contributed by atoms with Gasteiger partial charge in [-0.05, 0) is 42.3 Å². The molecule has 0 spiro atoms. The maximum absolute atomic E-state index is 3.63. The quantitative estimate of drug-likeness (QED) is 0.764. The van der Waals surface area contributed by atoms with Gasteiger partial charge in [0.25, 0.3) is 0 Å². The molecule has 1 nitrogen and oxygen atoms in total. The number of hydrogen-bond donors (Lipinski definition) is 1. The van der Waals surface area contributed by atoms with Crippen LogP contribution < -0.4 is 5.32 Å². The minimum atomic E-state index is 0.437. The van der Waals surface area contributed by atoms with E-state index in [-0.39, 0.29) is 0 Å². The second-order valence-corrected chi connectivity index (χ2v) is 6.17. The van der Waals surface area contributed by atoms with E-state index in [1.165, 1.54) is 11.1 Å². The minimum Gasteiger partial charge on any atom is -0.310 e. The van der Waals surface area contributed by atoms with Crippen molar-refractivity contribution in [2.24, 2.45) is 11.8 Å². The molecule has 102 valence electrons. The van der Waals surface area contributed by atoms with E-state index in [1.54, 1.807) is 0 Å². The third-order valence-electron chi connectivity index (χ3n) is 3.99.